The first-order chi connectivity index (χ1) is 13.0. The summed E-state index contributed by atoms with van der Waals surface area (Å²) in [6, 6.07) is 7.50. The van der Waals surface area contributed by atoms with E-state index in [0.29, 0.717) is 39.1 Å². The fourth-order valence-electron chi connectivity index (χ4n) is 3.92. The van der Waals surface area contributed by atoms with Crippen molar-refractivity contribution in [2.45, 2.75) is 31.9 Å². The molecule has 0 spiro atoms. The summed E-state index contributed by atoms with van der Waals surface area (Å²) >= 11 is 0. The third kappa shape index (κ3) is 4.99. The highest BCUT2D eigenvalue weighted by Gasteiger charge is 2.34. The van der Waals surface area contributed by atoms with E-state index in [1.54, 1.807) is 14.0 Å². The Kier molecular flexibility index (Phi) is 6.34. The molecule has 2 atom stereocenters. The Bertz CT molecular complexity index is 664. The molecule has 148 valence electrons. The van der Waals surface area contributed by atoms with Crippen molar-refractivity contribution in [3.05, 3.63) is 29.8 Å². The molecule has 2 saturated heterocycles. The summed E-state index contributed by atoms with van der Waals surface area (Å²) in [6.45, 7) is 5.41. The van der Waals surface area contributed by atoms with Gasteiger partial charge in [0.05, 0.1) is 25.7 Å². The van der Waals surface area contributed by atoms with Crippen molar-refractivity contribution < 1.29 is 19.4 Å². The lowest BCUT2D eigenvalue weighted by Gasteiger charge is -2.42. The minimum atomic E-state index is -0.291. The number of amides is 2. The van der Waals surface area contributed by atoms with Crippen LogP contribution in [-0.2, 0) is 16.0 Å². The first kappa shape index (κ1) is 19.6. The normalized spacial score (nSPS) is 23.5. The summed E-state index contributed by atoms with van der Waals surface area (Å²) in [5, 5.41) is 9.78. The van der Waals surface area contributed by atoms with E-state index < -0.39 is 0 Å². The predicted octanol–water partition coefficient (Wildman–Crippen LogP) is 0.364. The number of hydrogen-bond acceptors (Lipinski definition) is 5. The highest BCUT2D eigenvalue weighted by atomic mass is 16.5. The Labute approximate surface area is 160 Å². The van der Waals surface area contributed by atoms with E-state index in [-0.39, 0.29) is 24.0 Å². The first-order valence-corrected chi connectivity index (χ1v) is 9.54. The van der Waals surface area contributed by atoms with E-state index >= 15 is 0 Å². The molecule has 0 saturated carbocycles. The van der Waals surface area contributed by atoms with Crippen LogP contribution in [0.15, 0.2) is 24.3 Å². The Hall–Kier alpha value is -2.12. The zero-order chi connectivity index (χ0) is 19.4. The van der Waals surface area contributed by atoms with Gasteiger partial charge in [0, 0.05) is 46.2 Å². The molecular weight excluding hydrogens is 346 g/mol. The van der Waals surface area contributed by atoms with Gasteiger partial charge in [-0.15, -0.1) is 0 Å². The number of β-amino-alcohol motifs (C(OH)–C–C–N with tert-alkyl or cyclic N) is 1. The molecule has 0 bridgehead atoms. The monoisotopic (exact) mass is 375 g/mol. The van der Waals surface area contributed by atoms with Crippen molar-refractivity contribution >= 4 is 11.8 Å². The van der Waals surface area contributed by atoms with Gasteiger partial charge >= 0.3 is 0 Å². The maximum atomic E-state index is 13.0. The zero-order valence-electron chi connectivity index (χ0n) is 16.1. The topological polar surface area (TPSA) is 73.3 Å². The molecule has 2 fully saturated rings. The number of carbonyl (C=O) groups excluding carboxylic acids is 2. The summed E-state index contributed by atoms with van der Waals surface area (Å²) in [5.74, 6) is 0.892. The van der Waals surface area contributed by atoms with Gasteiger partial charge in [0.25, 0.3) is 0 Å². The molecule has 2 aliphatic rings. The van der Waals surface area contributed by atoms with Gasteiger partial charge in [-0.2, -0.15) is 0 Å². The molecule has 27 heavy (non-hydrogen) atoms. The van der Waals surface area contributed by atoms with Crippen molar-refractivity contribution in [2.24, 2.45) is 0 Å². The largest absolute Gasteiger partial charge is 0.497 e. The molecule has 1 aromatic rings. The molecule has 0 aromatic heterocycles. The van der Waals surface area contributed by atoms with E-state index in [9.17, 15) is 14.7 Å². The summed E-state index contributed by atoms with van der Waals surface area (Å²) in [5.41, 5.74) is 0.949. The minimum Gasteiger partial charge on any atom is -0.497 e. The molecule has 2 amide bonds. The van der Waals surface area contributed by atoms with Crippen LogP contribution < -0.4 is 4.74 Å². The Morgan fingerprint density at radius 2 is 1.89 bits per heavy atom. The van der Waals surface area contributed by atoms with E-state index in [1.165, 1.54) is 0 Å². The van der Waals surface area contributed by atoms with Crippen LogP contribution in [-0.4, -0.2) is 90.1 Å². The number of rotatable bonds is 5. The molecule has 7 nitrogen and oxygen atoms in total. The summed E-state index contributed by atoms with van der Waals surface area (Å²) in [7, 11) is 1.62. The van der Waals surface area contributed by atoms with Gasteiger partial charge in [-0.05, 0) is 24.1 Å². The fourth-order valence-corrected chi connectivity index (χ4v) is 3.92. The SMILES string of the molecule is COc1ccc(CC(=O)N2CCN(C(C)=O)C[C@@H]2CN2CC[C@H](O)C2)cc1. The average molecular weight is 375 g/mol. The standard InChI is InChI=1S/C20H29N3O4/c1-15(24)22-9-10-23(17(13-22)12-21-8-7-18(25)14-21)20(26)11-16-3-5-19(27-2)6-4-16/h3-6,17-18,25H,7-14H2,1-2H3/t17-,18-/m0/s1. The van der Waals surface area contributed by atoms with Crippen LogP contribution in [0.3, 0.4) is 0 Å². The second kappa shape index (κ2) is 8.71. The van der Waals surface area contributed by atoms with Crippen LogP contribution in [0.5, 0.6) is 5.75 Å². The Balaban J connectivity index is 1.67. The van der Waals surface area contributed by atoms with E-state index in [1.807, 2.05) is 34.1 Å². The number of ether oxygens (including phenoxy) is 1. The van der Waals surface area contributed by atoms with E-state index in [2.05, 4.69) is 4.90 Å². The zero-order valence-corrected chi connectivity index (χ0v) is 16.1. The Morgan fingerprint density at radius 3 is 2.48 bits per heavy atom. The molecule has 1 N–H and O–H groups in total. The van der Waals surface area contributed by atoms with E-state index in [4.69, 9.17) is 4.74 Å². The third-order valence-electron chi connectivity index (χ3n) is 5.48. The number of benzene rings is 1. The smallest absolute Gasteiger partial charge is 0.227 e. The number of aliphatic hydroxyl groups is 1. The molecule has 0 radical (unpaired) electrons. The predicted molar refractivity (Wildman–Crippen MR) is 102 cm³/mol. The lowest BCUT2D eigenvalue weighted by atomic mass is 10.1. The molecular formula is C20H29N3O4. The number of methoxy groups -OCH3 is 1. The number of aliphatic hydroxyl groups excluding tert-OH is 1. The second-order valence-electron chi connectivity index (χ2n) is 7.43. The van der Waals surface area contributed by atoms with Crippen LogP contribution in [0.4, 0.5) is 0 Å². The van der Waals surface area contributed by atoms with Crippen LogP contribution >= 0.6 is 0 Å². The second-order valence-corrected chi connectivity index (χ2v) is 7.43. The Morgan fingerprint density at radius 1 is 1.15 bits per heavy atom. The lowest BCUT2D eigenvalue weighted by Crippen LogP contribution is -2.59. The summed E-state index contributed by atoms with van der Waals surface area (Å²) in [4.78, 5) is 30.7. The maximum Gasteiger partial charge on any atom is 0.227 e. The van der Waals surface area contributed by atoms with Gasteiger partial charge in [0.15, 0.2) is 0 Å². The lowest BCUT2D eigenvalue weighted by molar-refractivity contribution is -0.142. The van der Waals surface area contributed by atoms with Gasteiger partial charge in [-0.1, -0.05) is 12.1 Å². The molecule has 2 aliphatic heterocycles. The molecule has 1 aromatic carbocycles. The van der Waals surface area contributed by atoms with Crippen molar-refractivity contribution in [2.75, 3.05) is 46.4 Å². The number of likely N-dealkylation sites (tertiary alicyclic amines) is 1. The van der Waals surface area contributed by atoms with Crippen molar-refractivity contribution in [3.8, 4) is 5.75 Å². The van der Waals surface area contributed by atoms with Gasteiger partial charge in [0.2, 0.25) is 11.8 Å². The molecule has 7 heteroatoms. The van der Waals surface area contributed by atoms with Crippen molar-refractivity contribution in [3.63, 3.8) is 0 Å². The highest BCUT2D eigenvalue weighted by Crippen LogP contribution is 2.18. The van der Waals surface area contributed by atoms with Gasteiger partial charge in [-0.25, -0.2) is 0 Å². The van der Waals surface area contributed by atoms with Crippen LogP contribution in [0, 0.1) is 0 Å². The summed E-state index contributed by atoms with van der Waals surface area (Å²) < 4.78 is 5.17. The number of carbonyl (C=O) groups is 2. The highest BCUT2D eigenvalue weighted by molar-refractivity contribution is 5.80. The number of piperazine rings is 1. The first-order valence-electron chi connectivity index (χ1n) is 9.54. The van der Waals surface area contributed by atoms with Crippen LogP contribution in [0.1, 0.15) is 18.9 Å². The molecule has 3 rings (SSSR count). The van der Waals surface area contributed by atoms with Crippen LogP contribution in [0.25, 0.3) is 0 Å². The number of hydrogen-bond donors (Lipinski definition) is 1. The van der Waals surface area contributed by atoms with Crippen LogP contribution in [0.2, 0.25) is 0 Å². The van der Waals surface area contributed by atoms with E-state index in [0.717, 1.165) is 24.3 Å². The van der Waals surface area contributed by atoms with Gasteiger partial charge < -0.3 is 19.6 Å². The van der Waals surface area contributed by atoms with Crippen molar-refractivity contribution in [1.29, 1.82) is 0 Å². The average Bonchev–Trinajstić information content (AvgIpc) is 3.07. The molecule has 0 unspecified atom stereocenters. The quantitative estimate of drug-likeness (QED) is 0.805. The molecule has 2 heterocycles. The minimum absolute atomic E-state index is 0.0429. The maximum absolute atomic E-state index is 13.0. The summed E-state index contributed by atoms with van der Waals surface area (Å²) in [6.07, 6.45) is 0.813. The molecule has 0 aliphatic carbocycles. The fraction of sp³-hybridized carbons (Fsp3) is 0.600. The van der Waals surface area contributed by atoms with Gasteiger partial charge in [-0.3, -0.25) is 14.5 Å². The van der Waals surface area contributed by atoms with Gasteiger partial charge in [0.1, 0.15) is 5.75 Å². The third-order valence-corrected chi connectivity index (χ3v) is 5.48. The number of nitrogens with zero attached hydrogens (tertiary/aromatic N) is 3. The van der Waals surface area contributed by atoms with Crippen molar-refractivity contribution in [1.82, 2.24) is 14.7 Å².